The van der Waals surface area contributed by atoms with E-state index in [9.17, 15) is 4.79 Å². The summed E-state index contributed by atoms with van der Waals surface area (Å²) in [5.41, 5.74) is 2.86. The topological polar surface area (TPSA) is 54.0 Å². The molecule has 0 bridgehead atoms. The molecule has 3 aromatic rings. The SMILES string of the molecule is COc1cccc(NC(=O)C(c2ccccc2)N2CCN(c3cccc(OC)c3)CC2)c1. The molecule has 1 N–H and O–H groups in total. The van der Waals surface area contributed by atoms with Crippen molar-refractivity contribution in [2.45, 2.75) is 6.04 Å². The first kappa shape index (κ1) is 21.7. The van der Waals surface area contributed by atoms with Gasteiger partial charge >= 0.3 is 0 Å². The van der Waals surface area contributed by atoms with Gasteiger partial charge in [0.2, 0.25) is 5.91 Å². The van der Waals surface area contributed by atoms with Gasteiger partial charge in [-0.05, 0) is 29.8 Å². The zero-order valence-electron chi connectivity index (χ0n) is 18.5. The Morgan fingerprint density at radius 1 is 0.812 bits per heavy atom. The van der Waals surface area contributed by atoms with Crippen LogP contribution in [0.25, 0.3) is 0 Å². The van der Waals surface area contributed by atoms with E-state index in [2.05, 4.69) is 27.2 Å². The number of anilines is 2. The minimum absolute atomic E-state index is 0.0423. The molecule has 1 heterocycles. The van der Waals surface area contributed by atoms with Crippen LogP contribution in [0.2, 0.25) is 0 Å². The van der Waals surface area contributed by atoms with Crippen LogP contribution in [0.3, 0.4) is 0 Å². The zero-order valence-corrected chi connectivity index (χ0v) is 18.5. The minimum atomic E-state index is -0.366. The number of methoxy groups -OCH3 is 2. The van der Waals surface area contributed by atoms with Gasteiger partial charge in [0.25, 0.3) is 0 Å². The third-order valence-corrected chi connectivity index (χ3v) is 5.80. The van der Waals surface area contributed by atoms with Crippen LogP contribution in [0.5, 0.6) is 11.5 Å². The van der Waals surface area contributed by atoms with Gasteiger partial charge in [-0.3, -0.25) is 9.69 Å². The van der Waals surface area contributed by atoms with Gasteiger partial charge in [0.05, 0.1) is 14.2 Å². The summed E-state index contributed by atoms with van der Waals surface area (Å²) in [5, 5.41) is 3.08. The molecule has 1 unspecified atom stereocenters. The lowest BCUT2D eigenvalue weighted by Gasteiger charge is -2.39. The van der Waals surface area contributed by atoms with Crippen LogP contribution in [-0.2, 0) is 4.79 Å². The van der Waals surface area contributed by atoms with Crippen LogP contribution in [0.4, 0.5) is 11.4 Å². The van der Waals surface area contributed by atoms with Gasteiger partial charge in [-0.1, -0.05) is 42.5 Å². The molecule has 0 spiro atoms. The number of amides is 1. The maximum absolute atomic E-state index is 13.4. The van der Waals surface area contributed by atoms with Crippen LogP contribution in [0.15, 0.2) is 78.9 Å². The van der Waals surface area contributed by atoms with Crippen molar-refractivity contribution in [1.82, 2.24) is 4.90 Å². The number of carbonyl (C=O) groups is 1. The molecule has 1 atom stereocenters. The van der Waals surface area contributed by atoms with Gasteiger partial charge in [-0.15, -0.1) is 0 Å². The number of nitrogens with one attached hydrogen (secondary N) is 1. The fourth-order valence-corrected chi connectivity index (χ4v) is 4.12. The Labute approximate surface area is 189 Å². The number of nitrogens with zero attached hydrogens (tertiary/aromatic N) is 2. The molecule has 0 radical (unpaired) electrons. The molecule has 6 heteroatoms. The molecule has 1 aliphatic heterocycles. The van der Waals surface area contributed by atoms with E-state index >= 15 is 0 Å². The first-order chi connectivity index (χ1) is 15.7. The van der Waals surface area contributed by atoms with Gasteiger partial charge in [-0.25, -0.2) is 0 Å². The summed E-state index contributed by atoms with van der Waals surface area (Å²) < 4.78 is 10.7. The van der Waals surface area contributed by atoms with E-state index < -0.39 is 0 Å². The molecular weight excluding hydrogens is 402 g/mol. The number of rotatable bonds is 7. The van der Waals surface area contributed by atoms with Crippen molar-refractivity contribution in [3.05, 3.63) is 84.4 Å². The van der Waals surface area contributed by atoms with E-state index in [1.165, 1.54) is 0 Å². The average Bonchev–Trinajstić information content (AvgIpc) is 2.85. The van der Waals surface area contributed by atoms with Crippen LogP contribution < -0.4 is 19.7 Å². The maximum atomic E-state index is 13.4. The van der Waals surface area contributed by atoms with Crippen molar-refractivity contribution < 1.29 is 14.3 Å². The monoisotopic (exact) mass is 431 g/mol. The smallest absolute Gasteiger partial charge is 0.246 e. The van der Waals surface area contributed by atoms with Crippen molar-refractivity contribution in [1.29, 1.82) is 0 Å². The molecule has 3 aromatic carbocycles. The Morgan fingerprint density at radius 3 is 2.16 bits per heavy atom. The standard InChI is InChI=1S/C26H29N3O3/c1-31-23-12-6-10-21(18-23)27-26(30)25(20-8-4-3-5-9-20)29-16-14-28(15-17-29)22-11-7-13-24(19-22)32-2/h3-13,18-19,25H,14-17H2,1-2H3,(H,27,30). The molecule has 1 fully saturated rings. The van der Waals surface area contributed by atoms with Crippen molar-refractivity contribution in [3.63, 3.8) is 0 Å². The third kappa shape index (κ3) is 5.03. The second kappa shape index (κ2) is 10.2. The summed E-state index contributed by atoms with van der Waals surface area (Å²) in [5.74, 6) is 1.52. The van der Waals surface area contributed by atoms with Gasteiger partial charge in [0.15, 0.2) is 0 Å². The van der Waals surface area contributed by atoms with Crippen LogP contribution in [-0.4, -0.2) is 51.2 Å². The van der Waals surface area contributed by atoms with E-state index in [1.807, 2.05) is 66.7 Å². The first-order valence-corrected chi connectivity index (χ1v) is 10.8. The van der Waals surface area contributed by atoms with E-state index in [0.717, 1.165) is 48.9 Å². The lowest BCUT2D eigenvalue weighted by molar-refractivity contribution is -0.121. The Bertz CT molecular complexity index is 1030. The summed E-state index contributed by atoms with van der Waals surface area (Å²) in [4.78, 5) is 18.0. The van der Waals surface area contributed by atoms with Crippen molar-refractivity contribution >= 4 is 17.3 Å². The lowest BCUT2D eigenvalue weighted by atomic mass is 10.0. The Balaban J connectivity index is 1.50. The predicted molar refractivity (Wildman–Crippen MR) is 128 cm³/mol. The Kier molecular flexibility index (Phi) is 6.92. The second-order valence-corrected chi connectivity index (χ2v) is 7.76. The first-order valence-electron chi connectivity index (χ1n) is 10.8. The van der Waals surface area contributed by atoms with Gasteiger partial charge < -0.3 is 19.7 Å². The largest absolute Gasteiger partial charge is 0.497 e. The molecule has 32 heavy (non-hydrogen) atoms. The van der Waals surface area contributed by atoms with Gasteiger partial charge in [-0.2, -0.15) is 0 Å². The highest BCUT2D eigenvalue weighted by Crippen LogP contribution is 2.28. The molecule has 1 amide bonds. The third-order valence-electron chi connectivity index (χ3n) is 5.80. The normalized spacial score (nSPS) is 15.1. The van der Waals surface area contributed by atoms with Crippen molar-refractivity contribution in [2.75, 3.05) is 50.6 Å². The summed E-state index contributed by atoms with van der Waals surface area (Å²) in [6, 6.07) is 25.2. The molecule has 166 valence electrons. The average molecular weight is 432 g/mol. The highest BCUT2D eigenvalue weighted by molar-refractivity contribution is 5.95. The molecule has 6 nitrogen and oxygen atoms in total. The van der Waals surface area contributed by atoms with Crippen LogP contribution >= 0.6 is 0 Å². The summed E-state index contributed by atoms with van der Waals surface area (Å²) in [7, 11) is 3.30. The van der Waals surface area contributed by atoms with Crippen molar-refractivity contribution in [2.24, 2.45) is 0 Å². The van der Waals surface area contributed by atoms with E-state index in [1.54, 1.807) is 14.2 Å². The second-order valence-electron chi connectivity index (χ2n) is 7.76. The summed E-state index contributed by atoms with van der Waals surface area (Å²) >= 11 is 0. The number of hydrogen-bond acceptors (Lipinski definition) is 5. The molecular formula is C26H29N3O3. The maximum Gasteiger partial charge on any atom is 0.246 e. The zero-order chi connectivity index (χ0) is 22.3. The van der Waals surface area contributed by atoms with E-state index in [-0.39, 0.29) is 11.9 Å². The number of piperazine rings is 1. The van der Waals surface area contributed by atoms with Gasteiger partial charge in [0.1, 0.15) is 17.5 Å². The molecule has 1 saturated heterocycles. The number of hydrogen-bond donors (Lipinski definition) is 1. The van der Waals surface area contributed by atoms with Crippen molar-refractivity contribution in [3.8, 4) is 11.5 Å². The Hall–Kier alpha value is -3.51. The fourth-order valence-electron chi connectivity index (χ4n) is 4.12. The quantitative estimate of drug-likeness (QED) is 0.608. The number of ether oxygens (including phenoxy) is 2. The predicted octanol–water partition coefficient (Wildman–Crippen LogP) is 4.21. The van der Waals surface area contributed by atoms with Gasteiger partial charge in [0, 0.05) is 49.7 Å². The molecule has 4 rings (SSSR count). The van der Waals surface area contributed by atoms with E-state index in [4.69, 9.17) is 9.47 Å². The molecule has 0 aromatic heterocycles. The minimum Gasteiger partial charge on any atom is -0.497 e. The number of carbonyl (C=O) groups excluding carboxylic acids is 1. The highest BCUT2D eigenvalue weighted by Gasteiger charge is 2.30. The molecule has 0 saturated carbocycles. The Morgan fingerprint density at radius 2 is 1.47 bits per heavy atom. The number of benzene rings is 3. The van der Waals surface area contributed by atoms with E-state index in [0.29, 0.717) is 5.75 Å². The lowest BCUT2D eigenvalue weighted by Crippen LogP contribution is -2.50. The highest BCUT2D eigenvalue weighted by atomic mass is 16.5. The fraction of sp³-hybridized carbons (Fsp3) is 0.269. The molecule has 1 aliphatic rings. The molecule has 0 aliphatic carbocycles. The summed E-state index contributed by atoms with van der Waals surface area (Å²) in [6.07, 6.45) is 0. The van der Waals surface area contributed by atoms with Crippen LogP contribution in [0.1, 0.15) is 11.6 Å². The van der Waals surface area contributed by atoms with Crippen LogP contribution in [0, 0.1) is 0 Å². The summed E-state index contributed by atoms with van der Waals surface area (Å²) in [6.45, 7) is 3.23.